The van der Waals surface area contributed by atoms with E-state index in [4.69, 9.17) is 10.7 Å². The summed E-state index contributed by atoms with van der Waals surface area (Å²) in [4.78, 5) is 11.5. The molecule has 0 bridgehead atoms. The molecule has 2 aromatic heterocycles. The number of nitrogens with two attached hydrogens (primary N) is 1. The summed E-state index contributed by atoms with van der Waals surface area (Å²) >= 11 is 0. The molecule has 1 atom stereocenters. The van der Waals surface area contributed by atoms with Crippen molar-refractivity contribution in [3.63, 3.8) is 0 Å². The van der Waals surface area contributed by atoms with Gasteiger partial charge in [-0.05, 0) is 30.9 Å². The van der Waals surface area contributed by atoms with E-state index in [-0.39, 0.29) is 0 Å². The number of hydrogen-bond donors (Lipinski definition) is 1. The molecule has 1 unspecified atom stereocenters. The van der Waals surface area contributed by atoms with Gasteiger partial charge in [-0.15, -0.1) is 0 Å². The van der Waals surface area contributed by atoms with Crippen LogP contribution in [-0.2, 0) is 7.05 Å². The molecule has 0 saturated carbocycles. The van der Waals surface area contributed by atoms with Gasteiger partial charge in [0.1, 0.15) is 5.82 Å². The number of anilines is 2. The summed E-state index contributed by atoms with van der Waals surface area (Å²) < 4.78 is 1.75. The first kappa shape index (κ1) is 14.0. The highest BCUT2D eigenvalue weighted by atomic mass is 15.3. The molecule has 3 aromatic rings. The molecule has 6 heteroatoms. The lowest BCUT2D eigenvalue weighted by atomic mass is 9.99. The molecular formula is C17H20N6. The lowest BCUT2D eigenvalue weighted by molar-refractivity contribution is 0.697. The number of benzene rings is 1. The molecule has 23 heavy (non-hydrogen) atoms. The van der Waals surface area contributed by atoms with Crippen LogP contribution in [-0.4, -0.2) is 26.3 Å². The zero-order chi connectivity index (χ0) is 16.0. The fourth-order valence-electron chi connectivity index (χ4n) is 3.45. The van der Waals surface area contributed by atoms with Crippen molar-refractivity contribution in [3.05, 3.63) is 41.6 Å². The molecular weight excluding hydrogens is 288 g/mol. The highest BCUT2D eigenvalue weighted by Crippen LogP contribution is 2.36. The molecule has 118 valence electrons. The second kappa shape index (κ2) is 5.22. The predicted octanol–water partition coefficient (Wildman–Crippen LogP) is 2.60. The van der Waals surface area contributed by atoms with E-state index in [1.54, 1.807) is 10.9 Å². The Hall–Kier alpha value is -2.63. The van der Waals surface area contributed by atoms with E-state index in [9.17, 15) is 0 Å². The van der Waals surface area contributed by atoms with E-state index in [1.807, 2.05) is 7.05 Å². The van der Waals surface area contributed by atoms with Gasteiger partial charge in [-0.3, -0.25) is 4.68 Å². The maximum Gasteiger partial charge on any atom is 0.229 e. The summed E-state index contributed by atoms with van der Waals surface area (Å²) in [6, 6.07) is 8.84. The van der Waals surface area contributed by atoms with Gasteiger partial charge in [-0.1, -0.05) is 24.3 Å². The van der Waals surface area contributed by atoms with Crippen LogP contribution in [0.3, 0.4) is 0 Å². The second-order valence-electron chi connectivity index (χ2n) is 6.12. The van der Waals surface area contributed by atoms with E-state index in [1.165, 1.54) is 11.1 Å². The monoisotopic (exact) mass is 308 g/mol. The first-order valence-electron chi connectivity index (χ1n) is 7.92. The number of nitrogens with zero attached hydrogens (tertiary/aromatic N) is 5. The number of rotatable bonds is 2. The topological polar surface area (TPSA) is 72.9 Å². The van der Waals surface area contributed by atoms with Gasteiger partial charge >= 0.3 is 0 Å². The zero-order valence-electron chi connectivity index (χ0n) is 13.4. The molecule has 0 spiro atoms. The van der Waals surface area contributed by atoms with E-state index >= 15 is 0 Å². The lowest BCUT2D eigenvalue weighted by Gasteiger charge is -2.26. The van der Waals surface area contributed by atoms with Gasteiger partial charge in [-0.25, -0.2) is 0 Å². The molecule has 0 aliphatic carbocycles. The SMILES string of the molecule is Cc1ccccc1C1CCCN1c1nc(N)c2cnn(C)c2n1. The maximum atomic E-state index is 6.12. The molecule has 6 nitrogen and oxygen atoms in total. The van der Waals surface area contributed by atoms with Crippen LogP contribution in [0.25, 0.3) is 11.0 Å². The largest absolute Gasteiger partial charge is 0.383 e. The van der Waals surface area contributed by atoms with E-state index in [0.29, 0.717) is 17.8 Å². The van der Waals surface area contributed by atoms with Gasteiger partial charge in [0.25, 0.3) is 0 Å². The minimum Gasteiger partial charge on any atom is -0.383 e. The normalized spacial score (nSPS) is 18.0. The fourth-order valence-corrected chi connectivity index (χ4v) is 3.45. The quantitative estimate of drug-likeness (QED) is 0.788. The Morgan fingerprint density at radius 1 is 1.22 bits per heavy atom. The molecule has 1 saturated heterocycles. The third kappa shape index (κ3) is 2.21. The smallest absolute Gasteiger partial charge is 0.229 e. The van der Waals surface area contributed by atoms with Crippen LogP contribution in [0.1, 0.15) is 30.0 Å². The molecule has 3 heterocycles. The van der Waals surface area contributed by atoms with Crippen molar-refractivity contribution in [2.75, 3.05) is 17.2 Å². The Morgan fingerprint density at radius 2 is 2.04 bits per heavy atom. The molecule has 4 rings (SSSR count). The number of fused-ring (bicyclic) bond motifs is 1. The Morgan fingerprint density at radius 3 is 2.87 bits per heavy atom. The van der Waals surface area contributed by atoms with Gasteiger partial charge in [-0.2, -0.15) is 15.1 Å². The van der Waals surface area contributed by atoms with Gasteiger partial charge in [0.2, 0.25) is 5.95 Å². The van der Waals surface area contributed by atoms with Crippen LogP contribution in [0.15, 0.2) is 30.5 Å². The standard InChI is InChI=1S/C17H20N6/c1-11-6-3-4-7-12(11)14-8-5-9-23(14)17-20-15(18)13-10-19-22(2)16(13)21-17/h3-4,6-7,10,14H,5,8-9H2,1-2H3,(H2,18,20,21). The lowest BCUT2D eigenvalue weighted by Crippen LogP contribution is -2.25. The van der Waals surface area contributed by atoms with Gasteiger partial charge in [0.05, 0.1) is 17.6 Å². The van der Waals surface area contributed by atoms with Crippen LogP contribution in [0, 0.1) is 6.92 Å². The second-order valence-corrected chi connectivity index (χ2v) is 6.12. The van der Waals surface area contributed by atoms with Crippen molar-refractivity contribution in [1.29, 1.82) is 0 Å². The Balaban J connectivity index is 1.80. The van der Waals surface area contributed by atoms with Crippen molar-refractivity contribution in [3.8, 4) is 0 Å². The van der Waals surface area contributed by atoms with Crippen molar-refractivity contribution in [2.24, 2.45) is 7.05 Å². The molecule has 0 amide bonds. The maximum absolute atomic E-state index is 6.12. The van der Waals surface area contributed by atoms with Gasteiger partial charge in [0, 0.05) is 13.6 Å². The summed E-state index contributed by atoms with van der Waals surface area (Å²) in [5, 5.41) is 5.04. The van der Waals surface area contributed by atoms with Crippen LogP contribution in [0.5, 0.6) is 0 Å². The minimum atomic E-state index is 0.307. The minimum absolute atomic E-state index is 0.307. The van der Waals surface area contributed by atoms with Crippen molar-refractivity contribution < 1.29 is 0 Å². The number of aryl methyl sites for hydroxylation is 2. The number of aromatic nitrogens is 4. The van der Waals surface area contributed by atoms with Crippen LogP contribution in [0.2, 0.25) is 0 Å². The van der Waals surface area contributed by atoms with Crippen LogP contribution < -0.4 is 10.6 Å². The average Bonchev–Trinajstić information content (AvgIpc) is 3.15. The summed E-state index contributed by atoms with van der Waals surface area (Å²) in [6.07, 6.45) is 3.96. The molecule has 1 aliphatic rings. The highest BCUT2D eigenvalue weighted by molar-refractivity contribution is 5.86. The van der Waals surface area contributed by atoms with Crippen molar-refractivity contribution in [2.45, 2.75) is 25.8 Å². The molecule has 1 fully saturated rings. The molecule has 0 radical (unpaired) electrons. The van der Waals surface area contributed by atoms with Gasteiger partial charge in [0.15, 0.2) is 5.65 Å². The summed E-state index contributed by atoms with van der Waals surface area (Å²) in [6.45, 7) is 3.10. The van der Waals surface area contributed by atoms with E-state index < -0.39 is 0 Å². The molecule has 1 aromatic carbocycles. The zero-order valence-corrected chi connectivity index (χ0v) is 13.4. The van der Waals surface area contributed by atoms with Crippen LogP contribution >= 0.6 is 0 Å². The van der Waals surface area contributed by atoms with Crippen LogP contribution in [0.4, 0.5) is 11.8 Å². The predicted molar refractivity (Wildman–Crippen MR) is 91.2 cm³/mol. The summed E-state index contributed by atoms with van der Waals surface area (Å²) in [5.41, 5.74) is 9.55. The van der Waals surface area contributed by atoms with Crippen molar-refractivity contribution >= 4 is 22.8 Å². The fraction of sp³-hybridized carbons (Fsp3) is 0.353. The first-order valence-corrected chi connectivity index (χ1v) is 7.92. The Labute approximate surface area is 135 Å². The third-order valence-electron chi connectivity index (χ3n) is 4.67. The van der Waals surface area contributed by atoms with Gasteiger partial charge < -0.3 is 10.6 Å². The third-order valence-corrected chi connectivity index (χ3v) is 4.67. The molecule has 1 aliphatic heterocycles. The Bertz CT molecular complexity index is 869. The average molecular weight is 308 g/mol. The molecule has 2 N–H and O–H groups in total. The highest BCUT2D eigenvalue weighted by Gasteiger charge is 2.29. The van der Waals surface area contributed by atoms with E-state index in [0.717, 1.165) is 30.4 Å². The number of nitrogen functional groups attached to an aromatic ring is 1. The summed E-state index contributed by atoms with van der Waals surface area (Å²) in [7, 11) is 1.88. The first-order chi connectivity index (χ1) is 11.1. The summed E-state index contributed by atoms with van der Waals surface area (Å²) in [5.74, 6) is 1.19. The van der Waals surface area contributed by atoms with Crippen molar-refractivity contribution in [1.82, 2.24) is 19.7 Å². The van der Waals surface area contributed by atoms with E-state index in [2.05, 4.69) is 46.2 Å². The number of hydrogen-bond acceptors (Lipinski definition) is 5. The Kier molecular flexibility index (Phi) is 3.18.